The minimum Gasteiger partial charge on any atom is -0.400 e. The standard InChI is InChI=1S/C8H7NO2/c10-8-9-11(8)6-7-4-2-1-3-5-7/h1-5H,6H2/p+1. The predicted octanol–water partition coefficient (Wildman–Crippen LogP) is 1.38. The van der Waals surface area contributed by atoms with Crippen LogP contribution in [0.5, 0.6) is 0 Å². The van der Waals surface area contributed by atoms with E-state index >= 15 is 0 Å². The molecule has 1 aromatic rings. The van der Waals surface area contributed by atoms with Gasteiger partial charge in [-0.25, -0.2) is 0 Å². The molecule has 1 saturated heterocycles. The van der Waals surface area contributed by atoms with Crippen molar-refractivity contribution in [3.8, 4) is 0 Å². The van der Waals surface area contributed by atoms with Gasteiger partial charge < -0.3 is 4.47 Å². The van der Waals surface area contributed by atoms with Crippen LogP contribution in [0.1, 0.15) is 5.56 Å². The van der Waals surface area contributed by atoms with E-state index in [-0.39, 0.29) is 6.09 Å². The summed E-state index contributed by atoms with van der Waals surface area (Å²) in [6.07, 6.45) is -0.0751. The molecule has 0 aromatic heterocycles. The maximum atomic E-state index is 10.5. The van der Waals surface area contributed by atoms with Gasteiger partial charge in [0.1, 0.15) is 0 Å². The van der Waals surface area contributed by atoms with Crippen molar-refractivity contribution in [2.45, 2.75) is 6.61 Å². The second-order valence-corrected chi connectivity index (χ2v) is 2.41. The third kappa shape index (κ3) is 1.32. The molecule has 0 bridgehead atoms. The highest BCUT2D eigenvalue weighted by Crippen LogP contribution is 2.13. The van der Waals surface area contributed by atoms with Crippen molar-refractivity contribution in [1.82, 2.24) is 5.48 Å². The Morgan fingerprint density at radius 2 is 1.91 bits per heavy atom. The second-order valence-electron chi connectivity index (χ2n) is 2.41. The summed E-state index contributed by atoms with van der Waals surface area (Å²) >= 11 is 0. The van der Waals surface area contributed by atoms with Crippen LogP contribution >= 0.6 is 0 Å². The lowest BCUT2D eigenvalue weighted by Gasteiger charge is -1.95. The van der Waals surface area contributed by atoms with Crippen LogP contribution < -0.4 is 5.48 Å². The van der Waals surface area contributed by atoms with Crippen LogP contribution in [0, 0.1) is 0 Å². The van der Waals surface area contributed by atoms with E-state index in [1.165, 1.54) is 0 Å². The first kappa shape index (κ1) is 6.22. The normalized spacial score (nSPS) is 14.5. The van der Waals surface area contributed by atoms with Gasteiger partial charge in [-0.15, -0.1) is 0 Å². The molecule has 0 saturated carbocycles. The van der Waals surface area contributed by atoms with Crippen molar-refractivity contribution < 1.29 is 9.26 Å². The minimum atomic E-state index is -0.0751. The van der Waals surface area contributed by atoms with Gasteiger partial charge in [0.2, 0.25) is 0 Å². The van der Waals surface area contributed by atoms with Crippen LogP contribution in [0.2, 0.25) is 0 Å². The Balaban J connectivity index is 2.02. The lowest BCUT2D eigenvalue weighted by molar-refractivity contribution is 0.0483. The summed E-state index contributed by atoms with van der Waals surface area (Å²) in [5.41, 5.74) is 3.60. The number of carbonyl (C=O) groups excluding carboxylic acids is 1. The molecule has 0 aliphatic carbocycles. The fourth-order valence-corrected chi connectivity index (χ4v) is 0.922. The van der Waals surface area contributed by atoms with E-state index in [0.29, 0.717) is 6.61 Å². The molecule has 11 heavy (non-hydrogen) atoms. The van der Waals surface area contributed by atoms with Crippen molar-refractivity contribution in [3.63, 3.8) is 0 Å². The third-order valence-electron chi connectivity index (χ3n) is 1.54. The monoisotopic (exact) mass is 150 g/mol. The van der Waals surface area contributed by atoms with Crippen LogP contribution in [-0.4, -0.2) is 6.09 Å². The van der Waals surface area contributed by atoms with Crippen LogP contribution in [-0.2, 0) is 11.1 Å². The molecule has 1 fully saturated rings. The van der Waals surface area contributed by atoms with Gasteiger partial charge in [-0.1, -0.05) is 35.8 Å². The summed E-state index contributed by atoms with van der Waals surface area (Å²) in [6.45, 7) is 0.583. The van der Waals surface area contributed by atoms with Crippen molar-refractivity contribution in [3.05, 3.63) is 35.9 Å². The lowest BCUT2D eigenvalue weighted by atomic mass is 10.2. The summed E-state index contributed by atoms with van der Waals surface area (Å²) in [4.78, 5) is 10.5. The summed E-state index contributed by atoms with van der Waals surface area (Å²) in [7, 11) is 0. The Kier molecular flexibility index (Phi) is 1.28. The number of hydrogen-bond acceptors (Lipinski definition) is 1. The molecule has 3 nitrogen and oxygen atoms in total. The predicted molar refractivity (Wildman–Crippen MR) is 39.8 cm³/mol. The van der Waals surface area contributed by atoms with E-state index in [4.69, 9.17) is 0 Å². The maximum Gasteiger partial charge on any atom is 0.705 e. The number of carbonyl (C=O) groups is 1. The summed E-state index contributed by atoms with van der Waals surface area (Å²) < 4.78 is 2.30. The molecule has 0 unspecified atom stereocenters. The molecule has 0 spiro atoms. The van der Waals surface area contributed by atoms with Gasteiger partial charge in [0.05, 0.1) is 4.79 Å². The van der Waals surface area contributed by atoms with Gasteiger partial charge in [0.15, 0.2) is 6.61 Å². The van der Waals surface area contributed by atoms with E-state index in [2.05, 4.69) is 9.95 Å². The van der Waals surface area contributed by atoms with Gasteiger partial charge in [-0.2, -0.15) is 0 Å². The molecule has 1 aromatic carbocycles. The number of nitrogens with one attached hydrogen (secondary N) is 1. The average molecular weight is 150 g/mol. The smallest absolute Gasteiger partial charge is 0.400 e. The molecule has 1 aliphatic rings. The Bertz CT molecular complexity index is 271. The zero-order valence-electron chi connectivity index (χ0n) is 5.91. The maximum absolute atomic E-state index is 10.5. The zero-order chi connectivity index (χ0) is 7.68. The molecule has 0 atom stereocenters. The topological polar surface area (TPSA) is 41.7 Å². The quantitative estimate of drug-likeness (QED) is 0.502. The van der Waals surface area contributed by atoms with Gasteiger partial charge in [-0.05, 0) is 0 Å². The molecular weight excluding hydrogens is 142 g/mol. The molecule has 1 heterocycles. The van der Waals surface area contributed by atoms with E-state index in [9.17, 15) is 4.79 Å². The Morgan fingerprint density at radius 3 is 2.45 bits per heavy atom. The Labute approximate surface area is 64.3 Å². The Morgan fingerprint density at radius 1 is 1.27 bits per heavy atom. The van der Waals surface area contributed by atoms with Gasteiger partial charge in [-0.3, -0.25) is 0 Å². The highest BCUT2D eigenvalue weighted by molar-refractivity contribution is 5.78. The van der Waals surface area contributed by atoms with Crippen molar-refractivity contribution in [1.29, 1.82) is 0 Å². The first-order chi connectivity index (χ1) is 5.36. The number of rotatable bonds is 2. The molecular formula is C8H8NO2+. The molecule has 56 valence electrons. The van der Waals surface area contributed by atoms with Gasteiger partial charge in [0, 0.05) is 5.56 Å². The molecule has 1 amide bonds. The minimum absolute atomic E-state index is 0.0751. The average Bonchev–Trinajstić information content (AvgIpc) is 2.69. The highest BCUT2D eigenvalue weighted by Gasteiger charge is 2.42. The van der Waals surface area contributed by atoms with Crippen molar-refractivity contribution in [2.75, 3.05) is 0 Å². The first-order valence-electron chi connectivity index (χ1n) is 3.42. The van der Waals surface area contributed by atoms with Gasteiger partial charge >= 0.3 is 6.09 Å². The van der Waals surface area contributed by atoms with E-state index in [1.807, 2.05) is 30.3 Å². The second kappa shape index (κ2) is 2.27. The SMILES string of the molecule is O=C1N[O+]1Cc1ccccc1. The number of amides is 1. The largest absolute Gasteiger partial charge is 0.705 e. The fourth-order valence-electron chi connectivity index (χ4n) is 0.922. The van der Waals surface area contributed by atoms with Crippen molar-refractivity contribution in [2.24, 2.45) is 0 Å². The molecule has 1 aliphatic heterocycles. The molecule has 1 N–H and O–H groups in total. The summed E-state index contributed by atoms with van der Waals surface area (Å²) in [5, 5.41) is 0. The highest BCUT2D eigenvalue weighted by atomic mass is 17.0. The summed E-state index contributed by atoms with van der Waals surface area (Å²) in [5.74, 6) is 0. The van der Waals surface area contributed by atoms with E-state index in [0.717, 1.165) is 5.56 Å². The van der Waals surface area contributed by atoms with Crippen LogP contribution in [0.25, 0.3) is 0 Å². The molecule has 0 radical (unpaired) electrons. The Hall–Kier alpha value is -1.51. The number of hydroxylamine groups is 1. The van der Waals surface area contributed by atoms with Crippen molar-refractivity contribution >= 4 is 6.09 Å². The number of benzene rings is 1. The van der Waals surface area contributed by atoms with E-state index in [1.54, 1.807) is 0 Å². The lowest BCUT2D eigenvalue weighted by Crippen LogP contribution is -1.91. The molecule has 2 rings (SSSR count). The van der Waals surface area contributed by atoms with Crippen LogP contribution in [0.15, 0.2) is 30.3 Å². The van der Waals surface area contributed by atoms with Crippen LogP contribution in [0.3, 0.4) is 0 Å². The summed E-state index contributed by atoms with van der Waals surface area (Å²) in [6, 6.07) is 9.79. The van der Waals surface area contributed by atoms with Gasteiger partial charge in [0.25, 0.3) is 0 Å². The van der Waals surface area contributed by atoms with E-state index < -0.39 is 0 Å². The zero-order valence-corrected chi connectivity index (χ0v) is 5.91. The van der Waals surface area contributed by atoms with Crippen LogP contribution in [0.4, 0.5) is 4.79 Å². The molecule has 3 heteroatoms. The fraction of sp³-hybridized carbons (Fsp3) is 0.125. The number of hydrogen-bond donors (Lipinski definition) is 1. The third-order valence-corrected chi connectivity index (χ3v) is 1.54. The first-order valence-corrected chi connectivity index (χ1v) is 3.42.